The van der Waals surface area contributed by atoms with Crippen molar-refractivity contribution in [3.8, 4) is 0 Å². The zero-order valence-corrected chi connectivity index (χ0v) is 7.46. The van der Waals surface area contributed by atoms with E-state index in [1.54, 1.807) is 0 Å². The Labute approximate surface area is 70.0 Å². The van der Waals surface area contributed by atoms with E-state index in [-0.39, 0.29) is 6.61 Å². The Hall–Kier alpha value is -0.820. The van der Waals surface area contributed by atoms with Gasteiger partial charge in [-0.1, -0.05) is 0 Å². The van der Waals surface area contributed by atoms with Crippen molar-refractivity contribution in [3.05, 3.63) is 0 Å². The van der Waals surface area contributed by atoms with Crippen molar-refractivity contribution in [1.82, 2.24) is 4.31 Å². The largest absolute Gasteiger partial charge is 0.464 e. The maximum absolute atomic E-state index is 10.9. The Bertz CT molecular complexity index is 306. The molecule has 0 aliphatic carbocycles. The zero-order valence-electron chi connectivity index (χ0n) is 6.64. The fourth-order valence-corrected chi connectivity index (χ4v) is 2.38. The minimum Gasteiger partial charge on any atom is -0.464 e. The summed E-state index contributed by atoms with van der Waals surface area (Å²) in [5.41, 5.74) is -1.01. The van der Waals surface area contributed by atoms with E-state index in [4.69, 9.17) is 5.11 Å². The second-order valence-corrected chi connectivity index (χ2v) is 4.54. The molecule has 0 unspecified atom stereocenters. The molecule has 0 radical (unpaired) electrons. The highest BCUT2D eigenvalue weighted by molar-refractivity contribution is 7.85. The quantitative estimate of drug-likeness (QED) is 0.589. The number of carboxylic acid groups (broad SMARTS) is 1. The minimum atomic E-state index is -4.06. The normalized spacial score (nSPS) is 25.7. The Balaban J connectivity index is 3.14. The van der Waals surface area contributed by atoms with Gasteiger partial charge in [0.2, 0.25) is 0 Å². The second-order valence-electron chi connectivity index (χ2n) is 3.08. The monoisotopic (exact) mass is 195 g/mol. The number of hydrogen-bond acceptors (Lipinski definition) is 4. The third kappa shape index (κ3) is 1.25. The molecule has 1 aliphatic rings. The smallest absolute Gasteiger partial charge is 0.423 e. The molecule has 1 heterocycles. The van der Waals surface area contributed by atoms with E-state index in [1.807, 2.05) is 0 Å². The second kappa shape index (κ2) is 2.33. The molecule has 12 heavy (non-hydrogen) atoms. The Kier molecular flexibility index (Phi) is 1.80. The molecule has 0 saturated carbocycles. The molecule has 1 N–H and O–H groups in total. The van der Waals surface area contributed by atoms with Crippen LogP contribution in [0, 0.1) is 0 Å². The van der Waals surface area contributed by atoms with Crippen LogP contribution in [0.3, 0.4) is 0 Å². The van der Waals surface area contributed by atoms with Gasteiger partial charge in [0.05, 0.1) is 12.1 Å². The highest BCUT2D eigenvalue weighted by atomic mass is 32.2. The third-order valence-electron chi connectivity index (χ3n) is 1.51. The number of carbonyl (C=O) groups is 1. The molecule has 0 spiro atoms. The first-order valence-corrected chi connectivity index (χ1v) is 4.56. The van der Waals surface area contributed by atoms with Gasteiger partial charge in [-0.2, -0.15) is 12.7 Å². The van der Waals surface area contributed by atoms with Gasteiger partial charge in [0.25, 0.3) is 0 Å². The summed E-state index contributed by atoms with van der Waals surface area (Å²) >= 11 is 0. The van der Waals surface area contributed by atoms with Crippen molar-refractivity contribution in [2.24, 2.45) is 0 Å². The lowest BCUT2D eigenvalue weighted by molar-refractivity contribution is 0.146. The van der Waals surface area contributed by atoms with E-state index in [9.17, 15) is 13.2 Å². The number of rotatable bonds is 0. The van der Waals surface area contributed by atoms with Gasteiger partial charge in [-0.3, -0.25) is 4.18 Å². The Morgan fingerprint density at radius 1 is 1.58 bits per heavy atom. The summed E-state index contributed by atoms with van der Waals surface area (Å²) in [6.45, 7) is 2.82. The average molecular weight is 195 g/mol. The summed E-state index contributed by atoms with van der Waals surface area (Å²) in [5.74, 6) is 0. The minimum absolute atomic E-state index is 0.137. The van der Waals surface area contributed by atoms with Crippen LogP contribution in [0.5, 0.6) is 0 Å². The van der Waals surface area contributed by atoms with Crippen molar-refractivity contribution < 1.29 is 22.5 Å². The van der Waals surface area contributed by atoms with Gasteiger partial charge in [-0.05, 0) is 13.8 Å². The average Bonchev–Trinajstić information content (AvgIpc) is 2.01. The molecule has 70 valence electrons. The summed E-state index contributed by atoms with van der Waals surface area (Å²) in [6, 6.07) is 0. The van der Waals surface area contributed by atoms with Gasteiger partial charge >= 0.3 is 16.4 Å². The van der Waals surface area contributed by atoms with E-state index in [0.717, 1.165) is 0 Å². The van der Waals surface area contributed by atoms with Crippen LogP contribution in [0.2, 0.25) is 0 Å². The van der Waals surface area contributed by atoms with Crippen LogP contribution in [-0.4, -0.2) is 36.1 Å². The molecule has 7 heteroatoms. The molecule has 1 fully saturated rings. The predicted molar refractivity (Wildman–Crippen MR) is 38.8 cm³/mol. The van der Waals surface area contributed by atoms with E-state index < -0.39 is 21.9 Å². The van der Waals surface area contributed by atoms with Crippen molar-refractivity contribution in [1.29, 1.82) is 0 Å². The predicted octanol–water partition coefficient (Wildman–Crippen LogP) is 0.0200. The van der Waals surface area contributed by atoms with Crippen LogP contribution >= 0.6 is 0 Å². The maximum atomic E-state index is 10.9. The highest BCUT2D eigenvalue weighted by Crippen LogP contribution is 2.27. The summed E-state index contributed by atoms with van der Waals surface area (Å²) in [4.78, 5) is 10.5. The Morgan fingerprint density at radius 3 is 2.25 bits per heavy atom. The number of hydrogen-bond donors (Lipinski definition) is 1. The van der Waals surface area contributed by atoms with E-state index in [0.29, 0.717) is 4.31 Å². The van der Waals surface area contributed by atoms with Crippen molar-refractivity contribution >= 4 is 16.4 Å². The van der Waals surface area contributed by atoms with Gasteiger partial charge < -0.3 is 5.11 Å². The van der Waals surface area contributed by atoms with Gasteiger partial charge in [-0.25, -0.2) is 4.79 Å². The maximum Gasteiger partial charge on any atom is 0.423 e. The van der Waals surface area contributed by atoms with Crippen molar-refractivity contribution in [2.45, 2.75) is 19.4 Å². The lowest BCUT2D eigenvalue weighted by atomic mass is 10.1. The van der Waals surface area contributed by atoms with Crippen LogP contribution in [0.1, 0.15) is 13.8 Å². The molecule has 1 rings (SSSR count). The summed E-state index contributed by atoms with van der Waals surface area (Å²) in [5, 5.41) is 8.55. The van der Waals surface area contributed by atoms with Crippen LogP contribution in [-0.2, 0) is 14.5 Å². The molecule has 6 nitrogen and oxygen atoms in total. The molecule has 0 aromatic heterocycles. The molecule has 0 bridgehead atoms. The number of amides is 1. The van der Waals surface area contributed by atoms with Gasteiger partial charge in [0.15, 0.2) is 0 Å². The van der Waals surface area contributed by atoms with E-state index >= 15 is 0 Å². The standard InChI is InChI=1S/C5H9NO5S/c1-5(2)3-11-12(9,10)6(5)4(7)8/h3H2,1-2H3,(H,7,8). The molecule has 1 saturated heterocycles. The topological polar surface area (TPSA) is 83.9 Å². The zero-order chi connectivity index (χ0) is 9.57. The summed E-state index contributed by atoms with van der Waals surface area (Å²) < 4.78 is 26.5. The SMILES string of the molecule is CC1(C)COS(=O)(=O)N1C(=O)O. The van der Waals surface area contributed by atoms with Crippen molar-refractivity contribution in [2.75, 3.05) is 6.61 Å². The van der Waals surface area contributed by atoms with Gasteiger partial charge in [0.1, 0.15) is 0 Å². The fourth-order valence-electron chi connectivity index (χ4n) is 0.987. The lowest BCUT2D eigenvalue weighted by Crippen LogP contribution is -2.45. The molecule has 1 amide bonds. The van der Waals surface area contributed by atoms with Crippen LogP contribution in [0.25, 0.3) is 0 Å². The van der Waals surface area contributed by atoms with Gasteiger partial charge in [-0.15, -0.1) is 0 Å². The molecule has 0 aromatic carbocycles. The highest BCUT2D eigenvalue weighted by Gasteiger charge is 2.48. The summed E-state index contributed by atoms with van der Waals surface area (Å²) in [7, 11) is -4.06. The molecule has 1 aliphatic heterocycles. The molecule has 0 atom stereocenters. The molecular weight excluding hydrogens is 186 g/mol. The van der Waals surface area contributed by atoms with Crippen LogP contribution in [0.15, 0.2) is 0 Å². The van der Waals surface area contributed by atoms with Crippen LogP contribution in [0.4, 0.5) is 4.79 Å². The first-order valence-electron chi connectivity index (χ1n) is 3.20. The molecule has 0 aromatic rings. The van der Waals surface area contributed by atoms with E-state index in [1.165, 1.54) is 13.8 Å². The fraction of sp³-hybridized carbons (Fsp3) is 0.800. The Morgan fingerprint density at radius 2 is 2.08 bits per heavy atom. The number of nitrogens with zero attached hydrogens (tertiary/aromatic N) is 1. The van der Waals surface area contributed by atoms with Gasteiger partial charge in [0, 0.05) is 0 Å². The summed E-state index contributed by atoms with van der Waals surface area (Å²) in [6.07, 6.45) is -1.52. The first-order chi connectivity index (χ1) is 5.27. The lowest BCUT2D eigenvalue weighted by Gasteiger charge is -2.23. The van der Waals surface area contributed by atoms with E-state index in [2.05, 4.69) is 4.18 Å². The third-order valence-corrected chi connectivity index (χ3v) is 3.02. The molecular formula is C5H9NO5S. The first kappa shape index (κ1) is 9.27. The van der Waals surface area contributed by atoms with Crippen molar-refractivity contribution in [3.63, 3.8) is 0 Å². The van der Waals surface area contributed by atoms with Crippen LogP contribution < -0.4 is 0 Å².